The number of halogens is 2. The molecule has 194 valence electrons. The number of rotatable bonds is 11. The van der Waals surface area contributed by atoms with Gasteiger partial charge in [0.2, 0.25) is 5.89 Å². The van der Waals surface area contributed by atoms with Gasteiger partial charge in [0.15, 0.2) is 5.13 Å². The first-order valence-electron chi connectivity index (χ1n) is 10.8. The lowest BCUT2D eigenvalue weighted by atomic mass is 9.94. The molecule has 14 heteroatoms. The summed E-state index contributed by atoms with van der Waals surface area (Å²) in [6, 6.07) is 2.61. The molecule has 1 aromatic carbocycles. The number of hydrogen-bond acceptors (Lipinski definition) is 10. The van der Waals surface area contributed by atoms with E-state index in [1.54, 1.807) is 17.3 Å². The Balaban J connectivity index is 1.79. The predicted octanol–water partition coefficient (Wildman–Crippen LogP) is 5.75. The van der Waals surface area contributed by atoms with Crippen molar-refractivity contribution in [1.82, 2.24) is 9.97 Å². The number of nitro groups is 1. The number of nitrogens with one attached hydrogen (secondary N) is 1. The van der Waals surface area contributed by atoms with Crippen molar-refractivity contribution in [3.63, 3.8) is 0 Å². The zero-order chi connectivity index (χ0) is 26.5. The van der Waals surface area contributed by atoms with Crippen molar-refractivity contribution < 1.29 is 14.1 Å². The van der Waals surface area contributed by atoms with E-state index in [-0.39, 0.29) is 52.9 Å². The van der Waals surface area contributed by atoms with Gasteiger partial charge in [-0.2, -0.15) is 0 Å². The van der Waals surface area contributed by atoms with Crippen LogP contribution in [0.4, 0.5) is 22.2 Å². The van der Waals surface area contributed by atoms with Crippen molar-refractivity contribution in [1.29, 1.82) is 0 Å². The molecule has 0 saturated heterocycles. The average molecular weight is 574 g/mol. The van der Waals surface area contributed by atoms with E-state index >= 15 is 0 Å². The van der Waals surface area contributed by atoms with Gasteiger partial charge >= 0.3 is 0 Å². The van der Waals surface area contributed by atoms with Crippen molar-refractivity contribution in [3.8, 4) is 0 Å². The molecule has 2 aromatic heterocycles. The lowest BCUT2D eigenvalue weighted by Crippen LogP contribution is -2.31. The lowest BCUT2D eigenvalue weighted by molar-refractivity contribution is -0.384. The van der Waals surface area contributed by atoms with Crippen LogP contribution in [0.25, 0.3) is 0 Å². The molecule has 10 nitrogen and oxygen atoms in total. The number of oxazole rings is 1. The summed E-state index contributed by atoms with van der Waals surface area (Å²) in [4.78, 5) is 34.6. The van der Waals surface area contributed by atoms with E-state index in [1.807, 2.05) is 20.8 Å². The van der Waals surface area contributed by atoms with E-state index in [9.17, 15) is 14.9 Å². The summed E-state index contributed by atoms with van der Waals surface area (Å²) in [7, 11) is 0. The number of alkyl halides is 2. The predicted molar refractivity (Wildman–Crippen MR) is 146 cm³/mol. The summed E-state index contributed by atoms with van der Waals surface area (Å²) in [5, 5.41) is 14.8. The lowest BCUT2D eigenvalue weighted by Gasteiger charge is -2.25. The minimum absolute atomic E-state index is 0.0378. The monoisotopic (exact) mass is 572 g/mol. The molecule has 0 unspecified atom stereocenters. The number of amides is 1. The molecule has 2 heterocycles. The van der Waals surface area contributed by atoms with Crippen molar-refractivity contribution in [2.24, 2.45) is 0 Å². The average Bonchev–Trinajstić information content (AvgIpc) is 3.46. The fourth-order valence-electron chi connectivity index (χ4n) is 3.23. The van der Waals surface area contributed by atoms with Gasteiger partial charge in [0.05, 0.1) is 32.8 Å². The molecule has 0 spiro atoms. The maximum atomic E-state index is 13.2. The summed E-state index contributed by atoms with van der Waals surface area (Å²) in [6.45, 7) is 6.67. The van der Waals surface area contributed by atoms with Gasteiger partial charge < -0.3 is 15.1 Å². The van der Waals surface area contributed by atoms with Crippen LogP contribution in [-0.2, 0) is 11.2 Å². The quantitative estimate of drug-likeness (QED) is 0.0965. The molecule has 0 radical (unpaired) electrons. The number of hydrogen-bond donors (Lipinski definition) is 2. The van der Waals surface area contributed by atoms with Crippen LogP contribution in [0.3, 0.4) is 0 Å². The van der Waals surface area contributed by atoms with Crippen LogP contribution in [-0.4, -0.2) is 45.6 Å². The number of nitro benzene ring substituents is 1. The molecule has 0 atom stereocenters. The molecule has 0 aliphatic rings. The summed E-state index contributed by atoms with van der Waals surface area (Å²) < 4.78 is 6.65. The zero-order valence-corrected chi connectivity index (χ0v) is 23.1. The van der Waals surface area contributed by atoms with Gasteiger partial charge in [0.1, 0.15) is 11.4 Å². The van der Waals surface area contributed by atoms with Gasteiger partial charge in [-0.25, -0.2) is 9.97 Å². The molecular weight excluding hydrogens is 547 g/mol. The van der Waals surface area contributed by atoms with Gasteiger partial charge in [0, 0.05) is 42.0 Å². The second-order valence-electron chi connectivity index (χ2n) is 8.65. The standard InChI is InChI=1S/C22H26Cl2N6O4S2/c1-22(2,3)16-10-26-17(34-16)12-35-18-11-27-21(36-18)28-20(31)14-8-13(25)9-15(30(32)33)19(14)29(6-4-23)7-5-24/h8-11H,4-7,12,25H2,1-3H3,(H,27,28,31). The number of thioether (sulfide) groups is 1. The van der Waals surface area contributed by atoms with E-state index in [0.717, 1.165) is 9.97 Å². The van der Waals surface area contributed by atoms with Crippen LogP contribution in [0.5, 0.6) is 0 Å². The number of thiazole rings is 1. The smallest absolute Gasteiger partial charge is 0.295 e. The molecule has 0 fully saturated rings. The zero-order valence-electron chi connectivity index (χ0n) is 19.9. The Kier molecular flexibility index (Phi) is 9.45. The molecule has 0 bridgehead atoms. The van der Waals surface area contributed by atoms with Gasteiger partial charge in [-0.15, -0.1) is 35.0 Å². The highest BCUT2D eigenvalue weighted by molar-refractivity contribution is 8.00. The first-order chi connectivity index (χ1) is 17.0. The number of anilines is 3. The third-order valence-electron chi connectivity index (χ3n) is 4.91. The normalized spacial score (nSPS) is 11.5. The molecule has 3 aromatic rings. The highest BCUT2D eigenvalue weighted by Gasteiger charge is 2.28. The molecule has 3 rings (SSSR count). The van der Waals surface area contributed by atoms with E-state index in [2.05, 4.69) is 15.3 Å². The number of carbonyl (C=O) groups is 1. The Bertz CT molecular complexity index is 1220. The van der Waals surface area contributed by atoms with Crippen molar-refractivity contribution in [3.05, 3.63) is 51.9 Å². The van der Waals surface area contributed by atoms with Crippen LogP contribution in [0, 0.1) is 10.1 Å². The molecule has 0 aliphatic carbocycles. The van der Waals surface area contributed by atoms with Crippen molar-refractivity contribution in [2.75, 3.05) is 40.8 Å². The molecule has 3 N–H and O–H groups in total. The second-order valence-corrected chi connectivity index (χ2v) is 11.7. The number of nitrogen functional groups attached to an aromatic ring is 1. The van der Waals surface area contributed by atoms with E-state index in [1.165, 1.54) is 35.2 Å². The number of aromatic nitrogens is 2. The van der Waals surface area contributed by atoms with Crippen LogP contribution < -0.4 is 16.0 Å². The first-order valence-corrected chi connectivity index (χ1v) is 13.7. The molecule has 1 amide bonds. The fraction of sp³-hybridized carbons (Fsp3) is 0.409. The summed E-state index contributed by atoms with van der Waals surface area (Å²) in [6.07, 6.45) is 3.36. The van der Waals surface area contributed by atoms with Crippen LogP contribution >= 0.6 is 46.3 Å². The number of nitrogens with zero attached hydrogens (tertiary/aromatic N) is 4. The second kappa shape index (κ2) is 12.1. The minimum Gasteiger partial charge on any atom is -0.444 e. The third kappa shape index (κ3) is 7.02. The van der Waals surface area contributed by atoms with Gasteiger partial charge in [-0.05, 0) is 6.07 Å². The van der Waals surface area contributed by atoms with Crippen LogP contribution in [0.2, 0.25) is 0 Å². The van der Waals surface area contributed by atoms with Crippen LogP contribution in [0.15, 0.2) is 33.2 Å². The van der Waals surface area contributed by atoms with Crippen molar-refractivity contribution >= 4 is 74.4 Å². The Hall–Kier alpha value is -2.54. The largest absolute Gasteiger partial charge is 0.444 e. The Morgan fingerprint density at radius 1 is 1.25 bits per heavy atom. The summed E-state index contributed by atoms with van der Waals surface area (Å²) in [5.74, 6) is 1.70. The summed E-state index contributed by atoms with van der Waals surface area (Å²) >= 11 is 14.5. The molecular formula is C22H26Cl2N6O4S2. The molecule has 0 aliphatic heterocycles. The molecule has 36 heavy (non-hydrogen) atoms. The topological polar surface area (TPSA) is 140 Å². The Morgan fingerprint density at radius 3 is 2.53 bits per heavy atom. The maximum Gasteiger partial charge on any atom is 0.295 e. The summed E-state index contributed by atoms with van der Waals surface area (Å²) in [5.41, 5.74) is 5.69. The number of benzene rings is 1. The highest BCUT2D eigenvalue weighted by Crippen LogP contribution is 2.36. The van der Waals surface area contributed by atoms with Gasteiger partial charge in [-0.3, -0.25) is 20.2 Å². The van der Waals surface area contributed by atoms with E-state index < -0.39 is 10.8 Å². The first kappa shape index (κ1) is 28.0. The van der Waals surface area contributed by atoms with Crippen molar-refractivity contribution in [2.45, 2.75) is 36.1 Å². The minimum atomic E-state index is -0.581. The molecule has 0 saturated carbocycles. The van der Waals surface area contributed by atoms with E-state index in [0.29, 0.717) is 16.8 Å². The SMILES string of the molecule is CC(C)(C)c1cnc(CSc2cnc(NC(=O)c3cc(N)cc([N+](=O)[O-])c3N(CCCl)CCCl)s2)o1. The number of nitrogens with two attached hydrogens (primary N) is 1. The van der Waals surface area contributed by atoms with Gasteiger partial charge in [-0.1, -0.05) is 32.1 Å². The Morgan fingerprint density at radius 2 is 1.94 bits per heavy atom. The fourth-order valence-corrected chi connectivity index (χ4v) is 5.36. The number of carbonyl (C=O) groups excluding carboxylic acids is 1. The highest BCUT2D eigenvalue weighted by atomic mass is 35.5. The van der Waals surface area contributed by atoms with Crippen LogP contribution in [0.1, 0.15) is 42.8 Å². The maximum absolute atomic E-state index is 13.2. The third-order valence-corrected chi connectivity index (χ3v) is 7.34. The van der Waals surface area contributed by atoms with E-state index in [4.69, 9.17) is 33.4 Å². The van der Waals surface area contributed by atoms with Gasteiger partial charge in [0.25, 0.3) is 11.6 Å². The Labute approximate surface area is 226 Å².